The fourth-order valence-corrected chi connectivity index (χ4v) is 4.14. The molecule has 0 aliphatic carbocycles. The summed E-state index contributed by atoms with van der Waals surface area (Å²) in [7, 11) is 1.72. The normalized spacial score (nSPS) is 24.5. The molecule has 2 unspecified atom stereocenters. The second-order valence-corrected chi connectivity index (χ2v) is 7.25. The van der Waals surface area contributed by atoms with Crippen molar-refractivity contribution in [2.24, 2.45) is 5.73 Å². The molecule has 0 radical (unpaired) electrons. The third kappa shape index (κ3) is 2.90. The van der Waals surface area contributed by atoms with Gasteiger partial charge in [0.25, 0.3) is 0 Å². The van der Waals surface area contributed by atoms with Crippen molar-refractivity contribution in [3.8, 4) is 5.75 Å². The van der Waals surface area contributed by atoms with Crippen molar-refractivity contribution in [1.82, 2.24) is 4.98 Å². The molecule has 1 aliphatic rings. The summed E-state index contributed by atoms with van der Waals surface area (Å²) in [4.78, 5) is 4.56. The van der Waals surface area contributed by atoms with Crippen LogP contribution in [-0.2, 0) is 6.42 Å². The SMILES string of the molecule is COc1c(C)cnc(CC(N)C2(C)CCCS2)c1C. The number of thioether (sulfide) groups is 1. The first-order valence-electron chi connectivity index (χ1n) is 6.86. The average Bonchev–Trinajstić information content (AvgIpc) is 2.82. The van der Waals surface area contributed by atoms with Gasteiger partial charge >= 0.3 is 0 Å². The molecule has 0 spiro atoms. The van der Waals surface area contributed by atoms with Gasteiger partial charge in [-0.2, -0.15) is 11.8 Å². The average molecular weight is 280 g/mol. The third-order valence-corrected chi connectivity index (χ3v) is 5.86. The van der Waals surface area contributed by atoms with Crippen LogP contribution in [0.4, 0.5) is 0 Å². The largest absolute Gasteiger partial charge is 0.496 e. The van der Waals surface area contributed by atoms with E-state index >= 15 is 0 Å². The molecule has 2 heterocycles. The zero-order chi connectivity index (χ0) is 14.0. The minimum absolute atomic E-state index is 0.151. The van der Waals surface area contributed by atoms with E-state index in [0.717, 1.165) is 29.0 Å². The molecular formula is C15H24N2OS. The summed E-state index contributed by atoms with van der Waals surface area (Å²) in [6.45, 7) is 6.39. The van der Waals surface area contributed by atoms with E-state index in [4.69, 9.17) is 10.5 Å². The Labute approximate surface area is 120 Å². The van der Waals surface area contributed by atoms with Gasteiger partial charge in [0.1, 0.15) is 5.75 Å². The van der Waals surface area contributed by atoms with E-state index in [2.05, 4.69) is 18.8 Å². The van der Waals surface area contributed by atoms with Crippen LogP contribution in [0.5, 0.6) is 5.75 Å². The van der Waals surface area contributed by atoms with Gasteiger partial charge in [-0.15, -0.1) is 0 Å². The Morgan fingerprint density at radius 3 is 2.84 bits per heavy atom. The highest BCUT2D eigenvalue weighted by Crippen LogP contribution is 2.40. The molecule has 1 aromatic rings. The predicted molar refractivity (Wildman–Crippen MR) is 82.0 cm³/mol. The first-order chi connectivity index (χ1) is 8.98. The summed E-state index contributed by atoms with van der Waals surface area (Å²) < 4.78 is 5.66. The third-order valence-electron chi connectivity index (χ3n) is 4.20. The van der Waals surface area contributed by atoms with Crippen molar-refractivity contribution in [3.05, 3.63) is 23.0 Å². The van der Waals surface area contributed by atoms with Gasteiger partial charge in [-0.3, -0.25) is 4.98 Å². The number of hydrogen-bond donors (Lipinski definition) is 1. The van der Waals surface area contributed by atoms with Crippen molar-refractivity contribution in [2.75, 3.05) is 12.9 Å². The lowest BCUT2D eigenvalue weighted by atomic mass is 9.92. The van der Waals surface area contributed by atoms with Crippen LogP contribution < -0.4 is 10.5 Å². The molecule has 2 rings (SSSR count). The fraction of sp³-hybridized carbons (Fsp3) is 0.667. The molecule has 1 saturated heterocycles. The summed E-state index contributed by atoms with van der Waals surface area (Å²) >= 11 is 2.01. The standard InChI is InChI=1S/C15H24N2OS/c1-10-9-17-12(11(2)14(10)18-4)8-13(16)15(3)6-5-7-19-15/h9,13H,5-8,16H2,1-4H3. The van der Waals surface area contributed by atoms with E-state index < -0.39 is 0 Å². The van der Waals surface area contributed by atoms with E-state index in [1.54, 1.807) is 7.11 Å². The fourth-order valence-electron chi connectivity index (χ4n) is 2.79. The monoisotopic (exact) mass is 280 g/mol. The number of nitrogens with zero attached hydrogens (tertiary/aromatic N) is 1. The Kier molecular flexibility index (Phi) is 4.41. The lowest BCUT2D eigenvalue weighted by molar-refractivity contribution is 0.405. The Bertz CT molecular complexity index is 456. The highest BCUT2D eigenvalue weighted by atomic mass is 32.2. The maximum atomic E-state index is 6.44. The van der Waals surface area contributed by atoms with E-state index in [-0.39, 0.29) is 10.8 Å². The van der Waals surface area contributed by atoms with Gasteiger partial charge in [-0.1, -0.05) is 0 Å². The summed E-state index contributed by atoms with van der Waals surface area (Å²) in [5.41, 5.74) is 9.73. The van der Waals surface area contributed by atoms with Crippen molar-refractivity contribution >= 4 is 11.8 Å². The van der Waals surface area contributed by atoms with E-state index in [1.165, 1.54) is 18.6 Å². The second-order valence-electron chi connectivity index (χ2n) is 5.62. The highest BCUT2D eigenvalue weighted by Gasteiger charge is 2.36. The number of nitrogens with two attached hydrogens (primary N) is 1. The molecular weight excluding hydrogens is 256 g/mol. The van der Waals surface area contributed by atoms with Crippen LogP contribution in [0.1, 0.15) is 36.6 Å². The van der Waals surface area contributed by atoms with Crippen LogP contribution >= 0.6 is 11.8 Å². The summed E-state index contributed by atoms with van der Waals surface area (Å²) in [5.74, 6) is 2.18. The molecule has 2 atom stereocenters. The summed E-state index contributed by atoms with van der Waals surface area (Å²) in [5, 5.41) is 0. The number of ether oxygens (including phenoxy) is 1. The lowest BCUT2D eigenvalue weighted by Crippen LogP contribution is -2.43. The Morgan fingerprint density at radius 1 is 1.53 bits per heavy atom. The van der Waals surface area contributed by atoms with Crippen molar-refractivity contribution in [1.29, 1.82) is 0 Å². The molecule has 0 aromatic carbocycles. The van der Waals surface area contributed by atoms with Crippen LogP contribution in [0.15, 0.2) is 6.20 Å². The minimum atomic E-state index is 0.151. The predicted octanol–water partition coefficient (Wildman–Crippen LogP) is 2.86. The molecule has 106 valence electrons. The van der Waals surface area contributed by atoms with Crippen LogP contribution in [-0.4, -0.2) is 28.6 Å². The molecule has 1 aromatic heterocycles. The highest BCUT2D eigenvalue weighted by molar-refractivity contribution is 8.00. The van der Waals surface area contributed by atoms with Crippen LogP contribution in [0.3, 0.4) is 0 Å². The Morgan fingerprint density at radius 2 is 2.26 bits per heavy atom. The first kappa shape index (κ1) is 14.7. The minimum Gasteiger partial charge on any atom is -0.496 e. The van der Waals surface area contributed by atoms with Gasteiger partial charge in [0, 0.05) is 40.2 Å². The maximum absolute atomic E-state index is 6.44. The van der Waals surface area contributed by atoms with Crippen molar-refractivity contribution in [3.63, 3.8) is 0 Å². The number of aryl methyl sites for hydroxylation is 1. The van der Waals surface area contributed by atoms with Crippen LogP contribution in [0.2, 0.25) is 0 Å². The summed E-state index contributed by atoms with van der Waals surface area (Å²) in [6.07, 6.45) is 5.20. The van der Waals surface area contributed by atoms with E-state index in [0.29, 0.717) is 0 Å². The van der Waals surface area contributed by atoms with Gasteiger partial charge in [-0.05, 0) is 39.4 Å². The van der Waals surface area contributed by atoms with E-state index in [9.17, 15) is 0 Å². The van der Waals surface area contributed by atoms with Crippen molar-refractivity contribution in [2.45, 2.75) is 50.8 Å². The lowest BCUT2D eigenvalue weighted by Gasteiger charge is -2.30. The number of pyridine rings is 1. The second kappa shape index (κ2) is 5.71. The molecule has 19 heavy (non-hydrogen) atoms. The van der Waals surface area contributed by atoms with E-state index in [1.807, 2.05) is 24.9 Å². The number of methoxy groups -OCH3 is 1. The number of hydrogen-bond acceptors (Lipinski definition) is 4. The van der Waals surface area contributed by atoms with Gasteiger partial charge in [0.15, 0.2) is 0 Å². The zero-order valence-corrected chi connectivity index (χ0v) is 13.1. The summed E-state index contributed by atoms with van der Waals surface area (Å²) in [6, 6.07) is 0.151. The molecule has 0 bridgehead atoms. The molecule has 1 fully saturated rings. The Hall–Kier alpha value is -0.740. The zero-order valence-electron chi connectivity index (χ0n) is 12.3. The smallest absolute Gasteiger partial charge is 0.128 e. The Balaban J connectivity index is 2.19. The molecule has 1 aliphatic heterocycles. The maximum Gasteiger partial charge on any atom is 0.128 e. The van der Waals surface area contributed by atoms with Crippen molar-refractivity contribution < 1.29 is 4.74 Å². The van der Waals surface area contributed by atoms with Gasteiger partial charge in [-0.25, -0.2) is 0 Å². The van der Waals surface area contributed by atoms with Crippen LogP contribution in [0, 0.1) is 13.8 Å². The first-order valence-corrected chi connectivity index (χ1v) is 7.85. The van der Waals surface area contributed by atoms with Gasteiger partial charge in [0.2, 0.25) is 0 Å². The molecule has 2 N–H and O–H groups in total. The van der Waals surface area contributed by atoms with Gasteiger partial charge in [0.05, 0.1) is 7.11 Å². The number of rotatable bonds is 4. The molecule has 0 amide bonds. The number of aromatic nitrogens is 1. The molecule has 4 heteroatoms. The quantitative estimate of drug-likeness (QED) is 0.921. The molecule has 0 saturated carbocycles. The van der Waals surface area contributed by atoms with Crippen LogP contribution in [0.25, 0.3) is 0 Å². The van der Waals surface area contributed by atoms with Gasteiger partial charge < -0.3 is 10.5 Å². The molecule has 3 nitrogen and oxygen atoms in total. The topological polar surface area (TPSA) is 48.1 Å².